The van der Waals surface area contributed by atoms with Gasteiger partial charge in [0.1, 0.15) is 11.6 Å². The molecule has 1 spiro atoms. The van der Waals surface area contributed by atoms with Crippen LogP contribution in [0.2, 0.25) is 0 Å². The van der Waals surface area contributed by atoms with Gasteiger partial charge < -0.3 is 24.4 Å². The standard InChI is InChI=1S/C29H38N2O6/c1-5-7-18-36-28(35)22-21-13-14-29(37-21)23(22)26(33)31(16-8-9-17-32)25(29)27(34)30(15-6-2)24-19(3)11-10-12-20(24)4/h5-6,10-12,21-23,25,32H,1-2,7-9,13-18H2,3-4H3/t21-,22+,23+,25?,29?/m1/s1. The van der Waals surface area contributed by atoms with E-state index in [2.05, 4.69) is 13.2 Å². The number of fused-ring (bicyclic) bond motifs is 1. The van der Waals surface area contributed by atoms with E-state index in [4.69, 9.17) is 9.47 Å². The molecule has 0 saturated carbocycles. The van der Waals surface area contributed by atoms with E-state index in [9.17, 15) is 19.5 Å². The maximum absolute atomic E-state index is 14.5. The molecule has 200 valence electrons. The van der Waals surface area contributed by atoms with E-state index in [1.54, 1.807) is 22.0 Å². The SMILES string of the molecule is C=CCCOC(=O)[C@@H]1[C@H]2C(=O)N(CCCCO)C(C(=O)N(CC=C)c3c(C)cccc3C)C23CC[C@H]1O3. The van der Waals surface area contributed by atoms with Crippen LogP contribution in [0, 0.1) is 25.7 Å². The summed E-state index contributed by atoms with van der Waals surface area (Å²) in [6.07, 6.45) is 5.58. The van der Waals surface area contributed by atoms with E-state index in [1.165, 1.54) is 0 Å². The second-order valence-corrected chi connectivity index (χ2v) is 10.2. The Morgan fingerprint density at radius 1 is 1.24 bits per heavy atom. The number of nitrogens with zero attached hydrogens (tertiary/aromatic N) is 2. The van der Waals surface area contributed by atoms with E-state index in [0.717, 1.165) is 16.8 Å². The molecule has 3 heterocycles. The summed E-state index contributed by atoms with van der Waals surface area (Å²) in [5, 5.41) is 9.35. The van der Waals surface area contributed by atoms with E-state index < -0.39 is 35.6 Å². The Morgan fingerprint density at radius 2 is 1.97 bits per heavy atom. The number of hydrogen-bond donors (Lipinski definition) is 1. The van der Waals surface area contributed by atoms with Crippen LogP contribution in [0.1, 0.15) is 43.2 Å². The molecule has 3 aliphatic heterocycles. The molecule has 37 heavy (non-hydrogen) atoms. The number of benzene rings is 1. The van der Waals surface area contributed by atoms with E-state index >= 15 is 0 Å². The van der Waals surface area contributed by atoms with Crippen LogP contribution in [0.25, 0.3) is 0 Å². The van der Waals surface area contributed by atoms with Crippen molar-refractivity contribution in [2.45, 2.75) is 63.7 Å². The van der Waals surface area contributed by atoms with Crippen molar-refractivity contribution in [3.8, 4) is 0 Å². The number of esters is 1. The first-order valence-electron chi connectivity index (χ1n) is 13.2. The van der Waals surface area contributed by atoms with Gasteiger partial charge in [-0.3, -0.25) is 14.4 Å². The first-order chi connectivity index (χ1) is 17.8. The topological polar surface area (TPSA) is 96.4 Å². The average molecular weight is 511 g/mol. The third-order valence-electron chi connectivity index (χ3n) is 7.97. The molecule has 2 unspecified atom stereocenters. The average Bonchev–Trinajstić information content (AvgIpc) is 3.51. The van der Waals surface area contributed by atoms with E-state index in [1.807, 2.05) is 32.0 Å². The molecule has 8 nitrogen and oxygen atoms in total. The minimum absolute atomic E-state index is 0.00294. The van der Waals surface area contributed by atoms with Gasteiger partial charge in [0.15, 0.2) is 0 Å². The van der Waals surface area contributed by atoms with Gasteiger partial charge in [-0.1, -0.05) is 30.4 Å². The Hall–Kier alpha value is -2.97. The van der Waals surface area contributed by atoms with Crippen molar-refractivity contribution >= 4 is 23.5 Å². The molecule has 3 aliphatic rings. The predicted octanol–water partition coefficient (Wildman–Crippen LogP) is 3.09. The summed E-state index contributed by atoms with van der Waals surface area (Å²) in [5.41, 5.74) is 1.60. The minimum Gasteiger partial charge on any atom is -0.465 e. The molecule has 0 aliphatic carbocycles. The molecule has 3 fully saturated rings. The Morgan fingerprint density at radius 3 is 2.62 bits per heavy atom. The number of aryl methyl sites for hydroxylation is 2. The number of ether oxygens (including phenoxy) is 2. The number of aliphatic hydroxyl groups is 1. The summed E-state index contributed by atoms with van der Waals surface area (Å²) >= 11 is 0. The quantitative estimate of drug-likeness (QED) is 0.264. The van der Waals surface area contributed by atoms with Gasteiger partial charge in [-0.15, -0.1) is 13.2 Å². The molecule has 1 aromatic rings. The molecule has 2 bridgehead atoms. The van der Waals surface area contributed by atoms with Crippen LogP contribution in [0.4, 0.5) is 5.69 Å². The number of carbonyl (C=O) groups excluding carboxylic acids is 3. The largest absolute Gasteiger partial charge is 0.465 e. The van der Waals surface area contributed by atoms with Gasteiger partial charge in [0.2, 0.25) is 5.91 Å². The van der Waals surface area contributed by atoms with Gasteiger partial charge >= 0.3 is 5.97 Å². The predicted molar refractivity (Wildman–Crippen MR) is 140 cm³/mol. The molecule has 1 aromatic carbocycles. The van der Waals surface area contributed by atoms with Crippen LogP contribution in [-0.4, -0.2) is 71.8 Å². The zero-order chi connectivity index (χ0) is 26.7. The number of likely N-dealkylation sites (tertiary alicyclic amines) is 1. The summed E-state index contributed by atoms with van der Waals surface area (Å²) in [4.78, 5) is 44.8. The second kappa shape index (κ2) is 11.2. The van der Waals surface area contributed by atoms with E-state index in [-0.39, 0.29) is 31.6 Å². The fourth-order valence-corrected chi connectivity index (χ4v) is 6.47. The Bertz CT molecular complexity index is 1050. The summed E-state index contributed by atoms with van der Waals surface area (Å²) in [6.45, 7) is 12.2. The Kier molecular flexibility index (Phi) is 8.19. The molecule has 1 N–H and O–H groups in total. The van der Waals surface area contributed by atoms with Crippen molar-refractivity contribution in [3.63, 3.8) is 0 Å². The van der Waals surface area contributed by atoms with Gasteiger partial charge in [-0.05, 0) is 57.1 Å². The van der Waals surface area contributed by atoms with Crippen LogP contribution < -0.4 is 4.90 Å². The number of anilines is 1. The molecule has 0 radical (unpaired) electrons. The van der Waals surface area contributed by atoms with Crippen LogP contribution in [-0.2, 0) is 23.9 Å². The number of aliphatic hydroxyl groups excluding tert-OH is 1. The number of hydrogen-bond acceptors (Lipinski definition) is 6. The highest BCUT2D eigenvalue weighted by Gasteiger charge is 2.75. The third kappa shape index (κ3) is 4.61. The minimum atomic E-state index is -1.09. The van der Waals surface area contributed by atoms with Crippen molar-refractivity contribution in [2.24, 2.45) is 11.8 Å². The van der Waals surface area contributed by atoms with Gasteiger partial charge in [0, 0.05) is 25.4 Å². The fourth-order valence-electron chi connectivity index (χ4n) is 6.47. The number of amides is 2. The smallest absolute Gasteiger partial charge is 0.312 e. The van der Waals surface area contributed by atoms with Crippen LogP contribution in [0.3, 0.4) is 0 Å². The normalized spacial score (nSPS) is 27.8. The highest BCUT2D eigenvalue weighted by atomic mass is 16.6. The number of para-hydroxylation sites is 1. The lowest BCUT2D eigenvalue weighted by molar-refractivity contribution is -0.155. The van der Waals surface area contributed by atoms with Crippen molar-refractivity contribution in [1.29, 1.82) is 0 Å². The van der Waals surface area contributed by atoms with Gasteiger partial charge in [0.25, 0.3) is 5.91 Å². The first-order valence-corrected chi connectivity index (χ1v) is 13.2. The monoisotopic (exact) mass is 510 g/mol. The van der Waals surface area contributed by atoms with Gasteiger partial charge in [-0.25, -0.2) is 0 Å². The van der Waals surface area contributed by atoms with Crippen molar-refractivity contribution in [2.75, 3.05) is 31.2 Å². The maximum Gasteiger partial charge on any atom is 0.312 e. The lowest BCUT2D eigenvalue weighted by Crippen LogP contribution is -2.56. The fraction of sp³-hybridized carbons (Fsp3) is 0.552. The third-order valence-corrected chi connectivity index (χ3v) is 7.97. The molecule has 3 saturated heterocycles. The first kappa shape index (κ1) is 27.1. The molecular weight excluding hydrogens is 472 g/mol. The lowest BCUT2D eigenvalue weighted by atomic mass is 9.70. The number of rotatable bonds is 12. The zero-order valence-corrected chi connectivity index (χ0v) is 21.9. The second-order valence-electron chi connectivity index (χ2n) is 10.2. The molecule has 5 atom stereocenters. The van der Waals surface area contributed by atoms with Crippen LogP contribution >= 0.6 is 0 Å². The summed E-state index contributed by atoms with van der Waals surface area (Å²) in [6, 6.07) is 4.99. The van der Waals surface area contributed by atoms with Crippen LogP contribution in [0.15, 0.2) is 43.5 Å². The Labute approximate surface area is 218 Å². The molecular formula is C29H38N2O6. The maximum atomic E-state index is 14.5. The molecule has 8 heteroatoms. The van der Waals surface area contributed by atoms with Gasteiger partial charge in [-0.2, -0.15) is 0 Å². The van der Waals surface area contributed by atoms with E-state index in [0.29, 0.717) is 38.6 Å². The number of carbonyl (C=O) groups is 3. The Balaban J connectivity index is 1.74. The molecule has 2 amide bonds. The summed E-state index contributed by atoms with van der Waals surface area (Å²) in [7, 11) is 0. The highest BCUT2D eigenvalue weighted by Crippen LogP contribution is 2.59. The van der Waals surface area contributed by atoms with Crippen LogP contribution in [0.5, 0.6) is 0 Å². The zero-order valence-electron chi connectivity index (χ0n) is 21.9. The highest BCUT2D eigenvalue weighted by molar-refractivity contribution is 6.05. The molecule has 4 rings (SSSR count). The van der Waals surface area contributed by atoms with Crippen molar-refractivity contribution in [3.05, 3.63) is 54.6 Å². The van der Waals surface area contributed by atoms with Crippen molar-refractivity contribution < 1.29 is 29.0 Å². The summed E-state index contributed by atoms with van der Waals surface area (Å²) < 4.78 is 12.0. The number of unbranched alkanes of at least 4 members (excludes halogenated alkanes) is 1. The molecule has 0 aromatic heterocycles. The van der Waals surface area contributed by atoms with Crippen molar-refractivity contribution in [1.82, 2.24) is 4.90 Å². The van der Waals surface area contributed by atoms with Gasteiger partial charge in [0.05, 0.1) is 24.5 Å². The lowest BCUT2D eigenvalue weighted by Gasteiger charge is -2.37. The summed E-state index contributed by atoms with van der Waals surface area (Å²) in [5.74, 6) is -2.44.